The monoisotopic (exact) mass is 228 g/mol. The topological polar surface area (TPSA) is 82.2 Å². The Morgan fingerprint density at radius 1 is 1.62 bits per heavy atom. The molecule has 0 unspecified atom stereocenters. The lowest BCUT2D eigenvalue weighted by atomic mass is 10.3. The molecule has 1 heterocycles. The van der Waals surface area contributed by atoms with E-state index in [0.29, 0.717) is 24.7 Å². The Balaban J connectivity index is 2.74. The van der Waals surface area contributed by atoms with Crippen LogP contribution in [0.4, 0.5) is 11.5 Å². The predicted molar refractivity (Wildman–Crippen MR) is 59.6 cm³/mol. The molecule has 1 rings (SSSR count). The van der Waals surface area contributed by atoms with Crippen molar-refractivity contribution in [1.29, 1.82) is 0 Å². The third-order valence-corrected chi connectivity index (χ3v) is 2.19. The van der Waals surface area contributed by atoms with Gasteiger partial charge < -0.3 is 10.1 Å². The van der Waals surface area contributed by atoms with E-state index in [1.807, 2.05) is 0 Å². The minimum Gasteiger partial charge on any atom is -0.385 e. The van der Waals surface area contributed by atoms with E-state index in [-0.39, 0.29) is 5.69 Å². The van der Waals surface area contributed by atoms with Crippen molar-refractivity contribution in [2.75, 3.05) is 25.6 Å². The number of aryl methyl sites for hydroxylation is 2. The van der Waals surface area contributed by atoms with E-state index in [1.54, 1.807) is 21.1 Å². The summed E-state index contributed by atoms with van der Waals surface area (Å²) >= 11 is 0. The number of ether oxygens (including phenoxy) is 1. The summed E-state index contributed by atoms with van der Waals surface area (Å²) in [6.45, 7) is 2.86. The molecule has 0 aliphatic carbocycles. The van der Waals surface area contributed by atoms with Crippen molar-refractivity contribution in [2.45, 2.75) is 13.3 Å². The first-order valence-corrected chi connectivity index (χ1v) is 4.98. The molecular weight excluding hydrogens is 212 g/mol. The van der Waals surface area contributed by atoms with Crippen molar-refractivity contribution in [3.8, 4) is 0 Å². The summed E-state index contributed by atoms with van der Waals surface area (Å²) in [5.41, 5.74) is 0.460. The Hall–Kier alpha value is -1.63. The van der Waals surface area contributed by atoms with Gasteiger partial charge >= 0.3 is 5.69 Å². The van der Waals surface area contributed by atoms with Crippen LogP contribution < -0.4 is 5.32 Å². The third-order valence-electron chi connectivity index (χ3n) is 2.19. The number of hydrogen-bond acceptors (Lipinski definition) is 5. The minimum atomic E-state index is -0.416. The molecule has 0 spiro atoms. The molecule has 0 aliphatic rings. The largest absolute Gasteiger partial charge is 0.385 e. The number of nitro groups is 1. The molecule has 1 N–H and O–H groups in total. The zero-order valence-electron chi connectivity index (χ0n) is 9.69. The Kier molecular flexibility index (Phi) is 4.24. The Morgan fingerprint density at radius 2 is 2.31 bits per heavy atom. The quantitative estimate of drug-likeness (QED) is 0.447. The molecule has 7 nitrogen and oxygen atoms in total. The summed E-state index contributed by atoms with van der Waals surface area (Å²) in [6.07, 6.45) is 0.790. The highest BCUT2D eigenvalue weighted by atomic mass is 16.6. The molecule has 0 radical (unpaired) electrons. The summed E-state index contributed by atoms with van der Waals surface area (Å²) < 4.78 is 6.38. The van der Waals surface area contributed by atoms with Crippen LogP contribution in [0.15, 0.2) is 0 Å². The van der Waals surface area contributed by atoms with Crippen molar-refractivity contribution >= 4 is 11.5 Å². The maximum absolute atomic E-state index is 10.8. The number of methoxy groups -OCH3 is 1. The van der Waals surface area contributed by atoms with Gasteiger partial charge in [0.25, 0.3) is 0 Å². The molecule has 90 valence electrons. The second-order valence-electron chi connectivity index (χ2n) is 3.44. The fourth-order valence-corrected chi connectivity index (χ4v) is 1.49. The molecule has 1 aromatic heterocycles. The van der Waals surface area contributed by atoms with E-state index in [4.69, 9.17) is 4.74 Å². The minimum absolute atomic E-state index is 0.0416. The van der Waals surface area contributed by atoms with E-state index in [0.717, 1.165) is 6.42 Å². The number of anilines is 1. The van der Waals surface area contributed by atoms with Crippen LogP contribution in [-0.2, 0) is 11.8 Å². The lowest BCUT2D eigenvalue weighted by molar-refractivity contribution is -0.384. The van der Waals surface area contributed by atoms with Crippen LogP contribution in [0.3, 0.4) is 0 Å². The van der Waals surface area contributed by atoms with E-state index in [1.165, 1.54) is 4.68 Å². The van der Waals surface area contributed by atoms with Gasteiger partial charge in [0.1, 0.15) is 5.69 Å². The molecular formula is C9H16N4O3. The molecule has 16 heavy (non-hydrogen) atoms. The van der Waals surface area contributed by atoms with Gasteiger partial charge in [-0.2, -0.15) is 5.10 Å². The number of hydrogen-bond donors (Lipinski definition) is 1. The highest BCUT2D eigenvalue weighted by molar-refractivity contribution is 5.59. The first-order chi connectivity index (χ1) is 7.57. The molecule has 7 heteroatoms. The van der Waals surface area contributed by atoms with Crippen LogP contribution >= 0.6 is 0 Å². The van der Waals surface area contributed by atoms with Crippen LogP contribution in [0.5, 0.6) is 0 Å². The summed E-state index contributed by atoms with van der Waals surface area (Å²) in [4.78, 5) is 10.4. The summed E-state index contributed by atoms with van der Waals surface area (Å²) in [5.74, 6) is 0.443. The van der Waals surface area contributed by atoms with Crippen molar-refractivity contribution in [2.24, 2.45) is 7.05 Å². The average molecular weight is 228 g/mol. The highest BCUT2D eigenvalue weighted by Crippen LogP contribution is 2.26. The van der Waals surface area contributed by atoms with Crippen molar-refractivity contribution in [3.05, 3.63) is 15.8 Å². The first kappa shape index (κ1) is 12.4. The van der Waals surface area contributed by atoms with Gasteiger partial charge in [-0.15, -0.1) is 0 Å². The van der Waals surface area contributed by atoms with Gasteiger partial charge in [-0.25, -0.2) is 4.68 Å². The molecule has 0 atom stereocenters. The number of nitrogens with one attached hydrogen (secondary N) is 1. The summed E-state index contributed by atoms with van der Waals surface area (Å²) in [5, 5.41) is 17.8. The molecule has 1 aromatic rings. The van der Waals surface area contributed by atoms with Crippen molar-refractivity contribution < 1.29 is 9.66 Å². The van der Waals surface area contributed by atoms with E-state index >= 15 is 0 Å². The molecule has 0 amide bonds. The highest BCUT2D eigenvalue weighted by Gasteiger charge is 2.23. The molecule has 0 saturated heterocycles. The van der Waals surface area contributed by atoms with Gasteiger partial charge in [0.15, 0.2) is 0 Å². The zero-order chi connectivity index (χ0) is 12.1. The van der Waals surface area contributed by atoms with Crippen LogP contribution in [0.2, 0.25) is 0 Å². The van der Waals surface area contributed by atoms with Gasteiger partial charge in [0, 0.05) is 27.3 Å². The van der Waals surface area contributed by atoms with Crippen molar-refractivity contribution in [3.63, 3.8) is 0 Å². The zero-order valence-corrected chi connectivity index (χ0v) is 9.69. The molecule has 0 aromatic carbocycles. The smallest absolute Gasteiger partial charge is 0.333 e. The van der Waals surface area contributed by atoms with Crippen LogP contribution in [0.25, 0.3) is 0 Å². The molecule has 0 saturated carbocycles. The summed E-state index contributed by atoms with van der Waals surface area (Å²) in [6, 6.07) is 0. The maximum atomic E-state index is 10.8. The van der Waals surface area contributed by atoms with Gasteiger partial charge in [-0.3, -0.25) is 10.1 Å². The van der Waals surface area contributed by atoms with Gasteiger partial charge in [0.05, 0.1) is 4.92 Å². The molecule has 0 fully saturated rings. The second kappa shape index (κ2) is 5.45. The van der Waals surface area contributed by atoms with Crippen molar-refractivity contribution in [1.82, 2.24) is 9.78 Å². The number of aromatic nitrogens is 2. The average Bonchev–Trinajstić information content (AvgIpc) is 2.48. The fraction of sp³-hybridized carbons (Fsp3) is 0.667. The first-order valence-electron chi connectivity index (χ1n) is 4.98. The fourth-order valence-electron chi connectivity index (χ4n) is 1.49. The van der Waals surface area contributed by atoms with Gasteiger partial charge in [-0.05, 0) is 13.3 Å². The lowest BCUT2D eigenvalue weighted by Crippen LogP contribution is -2.09. The van der Waals surface area contributed by atoms with Crippen LogP contribution in [0.1, 0.15) is 12.1 Å². The summed E-state index contributed by atoms with van der Waals surface area (Å²) in [7, 11) is 3.30. The third kappa shape index (κ3) is 2.69. The van der Waals surface area contributed by atoms with Crippen LogP contribution in [0, 0.1) is 17.0 Å². The Bertz CT molecular complexity index is 375. The van der Waals surface area contributed by atoms with Gasteiger partial charge in [0.2, 0.25) is 5.82 Å². The lowest BCUT2D eigenvalue weighted by Gasteiger charge is -2.05. The Labute approximate surface area is 93.5 Å². The Morgan fingerprint density at radius 3 is 2.88 bits per heavy atom. The van der Waals surface area contributed by atoms with Gasteiger partial charge in [-0.1, -0.05) is 0 Å². The molecule has 0 bridgehead atoms. The SMILES string of the molecule is COCCCNc1c([N+](=O)[O-])c(C)nn1C. The normalized spacial score (nSPS) is 10.4. The van der Waals surface area contributed by atoms with Crippen LogP contribution in [-0.4, -0.2) is 35.0 Å². The number of rotatable bonds is 6. The maximum Gasteiger partial charge on any atom is 0.333 e. The van der Waals surface area contributed by atoms with E-state index in [9.17, 15) is 10.1 Å². The second-order valence-corrected chi connectivity index (χ2v) is 3.44. The van der Waals surface area contributed by atoms with E-state index in [2.05, 4.69) is 10.4 Å². The predicted octanol–water partition coefficient (Wildman–Crippen LogP) is 1.09. The van der Waals surface area contributed by atoms with E-state index < -0.39 is 4.92 Å². The number of nitrogens with zero attached hydrogens (tertiary/aromatic N) is 3. The molecule has 0 aliphatic heterocycles. The standard InChI is InChI=1S/C9H16N4O3/c1-7-8(13(14)15)9(12(2)11-7)10-5-4-6-16-3/h10H,4-6H2,1-3H3.